The molecule has 2 heterocycles. The Hall–Kier alpha value is -1.16. The van der Waals surface area contributed by atoms with E-state index in [2.05, 4.69) is 17.2 Å². The van der Waals surface area contributed by atoms with Crippen LogP contribution in [0.25, 0.3) is 0 Å². The topological polar surface area (TPSA) is 88.6 Å². The number of ether oxygens (including phenoxy) is 1. The van der Waals surface area contributed by atoms with Crippen molar-refractivity contribution in [2.75, 3.05) is 32.1 Å². The van der Waals surface area contributed by atoms with Crippen molar-refractivity contribution in [2.24, 2.45) is 0 Å². The fourth-order valence-electron chi connectivity index (χ4n) is 2.50. The summed E-state index contributed by atoms with van der Waals surface area (Å²) in [5, 5.41) is 3.55. The van der Waals surface area contributed by atoms with Gasteiger partial charge in [-0.1, -0.05) is 25.1 Å². The SMILES string of the molecule is CCCC(C)NC(=O)CSc1ccc(S(=O)(=O)N2CCOCC2)cn1. The quantitative estimate of drug-likeness (QED) is 0.680. The monoisotopic (exact) mass is 387 g/mol. The third kappa shape index (κ3) is 5.95. The van der Waals surface area contributed by atoms with Crippen LogP contribution in [0.5, 0.6) is 0 Å². The molecule has 9 heteroatoms. The van der Waals surface area contributed by atoms with E-state index in [4.69, 9.17) is 4.74 Å². The molecule has 1 saturated heterocycles. The van der Waals surface area contributed by atoms with Gasteiger partial charge >= 0.3 is 0 Å². The smallest absolute Gasteiger partial charge is 0.244 e. The van der Waals surface area contributed by atoms with Crippen LogP contribution in [-0.4, -0.2) is 61.7 Å². The molecule has 1 N–H and O–H groups in total. The van der Waals surface area contributed by atoms with Gasteiger partial charge in [-0.05, 0) is 25.5 Å². The van der Waals surface area contributed by atoms with E-state index in [-0.39, 0.29) is 22.6 Å². The fraction of sp³-hybridized carbons (Fsp3) is 0.625. The van der Waals surface area contributed by atoms with Crippen molar-refractivity contribution in [2.45, 2.75) is 42.7 Å². The number of rotatable bonds is 8. The number of carbonyl (C=O) groups excluding carboxylic acids is 1. The van der Waals surface area contributed by atoms with Crippen molar-refractivity contribution in [3.05, 3.63) is 18.3 Å². The van der Waals surface area contributed by atoms with Crippen LogP contribution in [0, 0.1) is 0 Å². The minimum Gasteiger partial charge on any atom is -0.379 e. The molecule has 2 rings (SSSR count). The van der Waals surface area contributed by atoms with E-state index in [1.54, 1.807) is 6.07 Å². The summed E-state index contributed by atoms with van der Waals surface area (Å²) in [5.41, 5.74) is 0. The van der Waals surface area contributed by atoms with Gasteiger partial charge < -0.3 is 10.1 Å². The number of hydrogen-bond donors (Lipinski definition) is 1. The van der Waals surface area contributed by atoms with E-state index in [0.29, 0.717) is 31.3 Å². The second-order valence-electron chi connectivity index (χ2n) is 5.89. The third-order valence-electron chi connectivity index (χ3n) is 3.80. The molecule has 1 atom stereocenters. The Morgan fingerprint density at radius 2 is 2.12 bits per heavy atom. The number of pyridine rings is 1. The van der Waals surface area contributed by atoms with Crippen molar-refractivity contribution >= 4 is 27.7 Å². The Morgan fingerprint density at radius 1 is 1.40 bits per heavy atom. The Labute approximate surface area is 153 Å². The molecule has 1 aliphatic heterocycles. The lowest BCUT2D eigenvalue weighted by molar-refractivity contribution is -0.119. The highest BCUT2D eigenvalue weighted by atomic mass is 32.2. The zero-order chi connectivity index (χ0) is 18.3. The number of nitrogens with one attached hydrogen (secondary N) is 1. The zero-order valence-corrected chi connectivity index (χ0v) is 16.2. The van der Waals surface area contributed by atoms with E-state index in [0.717, 1.165) is 12.8 Å². The van der Waals surface area contributed by atoms with Gasteiger partial charge in [0.1, 0.15) is 4.90 Å². The van der Waals surface area contributed by atoms with Crippen LogP contribution in [0.2, 0.25) is 0 Å². The number of hydrogen-bond acceptors (Lipinski definition) is 6. The van der Waals surface area contributed by atoms with Gasteiger partial charge in [0.2, 0.25) is 15.9 Å². The van der Waals surface area contributed by atoms with Crippen LogP contribution >= 0.6 is 11.8 Å². The number of morpholine rings is 1. The van der Waals surface area contributed by atoms with Gasteiger partial charge in [0.15, 0.2) is 0 Å². The number of thioether (sulfide) groups is 1. The molecule has 0 aliphatic carbocycles. The lowest BCUT2D eigenvalue weighted by Gasteiger charge is -2.25. The summed E-state index contributed by atoms with van der Waals surface area (Å²) in [6.45, 7) is 5.59. The number of aromatic nitrogens is 1. The number of nitrogens with zero attached hydrogens (tertiary/aromatic N) is 2. The van der Waals surface area contributed by atoms with Crippen molar-refractivity contribution < 1.29 is 17.9 Å². The molecule has 1 aromatic heterocycles. The van der Waals surface area contributed by atoms with Gasteiger partial charge in [0.05, 0.1) is 24.0 Å². The molecule has 1 fully saturated rings. The van der Waals surface area contributed by atoms with E-state index in [9.17, 15) is 13.2 Å². The molecule has 1 amide bonds. The molecule has 0 radical (unpaired) electrons. The summed E-state index contributed by atoms with van der Waals surface area (Å²) in [6.07, 6.45) is 3.32. The molecule has 1 aliphatic rings. The maximum absolute atomic E-state index is 12.5. The van der Waals surface area contributed by atoms with E-state index >= 15 is 0 Å². The maximum Gasteiger partial charge on any atom is 0.244 e. The molecule has 0 spiro atoms. The summed E-state index contributed by atoms with van der Waals surface area (Å²) in [5.74, 6) is 0.217. The molecule has 25 heavy (non-hydrogen) atoms. The summed E-state index contributed by atoms with van der Waals surface area (Å²) < 4.78 is 31.6. The highest BCUT2D eigenvalue weighted by molar-refractivity contribution is 7.99. The normalized spacial score (nSPS) is 17.2. The first-order valence-corrected chi connectivity index (χ1v) is 10.8. The average molecular weight is 388 g/mol. The Balaban J connectivity index is 1.90. The van der Waals surface area contributed by atoms with E-state index in [1.165, 1.54) is 28.3 Å². The summed E-state index contributed by atoms with van der Waals surface area (Å²) in [4.78, 5) is 16.2. The molecule has 1 unspecified atom stereocenters. The molecule has 1 aromatic rings. The molecular formula is C16H25N3O4S2. The number of amides is 1. The summed E-state index contributed by atoms with van der Waals surface area (Å²) in [7, 11) is -3.53. The van der Waals surface area contributed by atoms with Crippen molar-refractivity contribution in [3.63, 3.8) is 0 Å². The second-order valence-corrected chi connectivity index (χ2v) is 8.83. The average Bonchev–Trinajstić information content (AvgIpc) is 2.61. The van der Waals surface area contributed by atoms with Crippen molar-refractivity contribution in [3.8, 4) is 0 Å². The predicted octanol–water partition coefficient (Wildman–Crippen LogP) is 1.50. The number of sulfonamides is 1. The minimum atomic E-state index is -3.53. The van der Waals surface area contributed by atoms with Crippen LogP contribution in [-0.2, 0) is 19.6 Å². The molecule has 140 valence electrons. The van der Waals surface area contributed by atoms with Gasteiger partial charge in [-0.3, -0.25) is 4.79 Å². The lowest BCUT2D eigenvalue weighted by atomic mass is 10.2. The van der Waals surface area contributed by atoms with Gasteiger partial charge in [-0.25, -0.2) is 13.4 Å². The largest absolute Gasteiger partial charge is 0.379 e. The van der Waals surface area contributed by atoms with Gasteiger partial charge in [0.25, 0.3) is 0 Å². The predicted molar refractivity (Wildman–Crippen MR) is 97.1 cm³/mol. The highest BCUT2D eigenvalue weighted by Gasteiger charge is 2.26. The maximum atomic E-state index is 12.5. The first-order chi connectivity index (χ1) is 11.9. The minimum absolute atomic E-state index is 0.0437. The molecule has 0 aromatic carbocycles. The molecule has 0 saturated carbocycles. The van der Waals surface area contributed by atoms with Gasteiger partial charge in [-0.2, -0.15) is 4.31 Å². The molecular weight excluding hydrogens is 362 g/mol. The fourth-order valence-corrected chi connectivity index (χ4v) is 4.51. The summed E-state index contributed by atoms with van der Waals surface area (Å²) >= 11 is 1.29. The van der Waals surface area contributed by atoms with Crippen LogP contribution < -0.4 is 5.32 Å². The first kappa shape index (κ1) is 20.2. The van der Waals surface area contributed by atoms with Crippen LogP contribution in [0.4, 0.5) is 0 Å². The standard InChI is InChI=1S/C16H25N3O4S2/c1-3-4-13(2)18-15(20)12-24-16-6-5-14(11-17-16)25(21,22)19-7-9-23-10-8-19/h5-6,11,13H,3-4,7-10,12H2,1-2H3,(H,18,20). The van der Waals surface area contributed by atoms with Gasteiger partial charge in [0, 0.05) is 25.3 Å². The van der Waals surface area contributed by atoms with E-state index < -0.39 is 10.0 Å². The third-order valence-corrected chi connectivity index (χ3v) is 6.62. The second kappa shape index (κ2) is 9.51. The van der Waals surface area contributed by atoms with E-state index in [1.807, 2.05) is 6.92 Å². The number of carbonyl (C=O) groups is 1. The molecule has 7 nitrogen and oxygen atoms in total. The molecule has 0 bridgehead atoms. The van der Waals surface area contributed by atoms with Crippen LogP contribution in [0.1, 0.15) is 26.7 Å². The Morgan fingerprint density at radius 3 is 2.72 bits per heavy atom. The van der Waals surface area contributed by atoms with Gasteiger partial charge in [-0.15, -0.1) is 0 Å². The van der Waals surface area contributed by atoms with Crippen LogP contribution in [0.15, 0.2) is 28.3 Å². The zero-order valence-electron chi connectivity index (χ0n) is 14.6. The Kier molecular flexibility index (Phi) is 7.67. The van der Waals surface area contributed by atoms with Crippen LogP contribution in [0.3, 0.4) is 0 Å². The van der Waals surface area contributed by atoms with Crippen molar-refractivity contribution in [1.82, 2.24) is 14.6 Å². The lowest BCUT2D eigenvalue weighted by Crippen LogP contribution is -2.40. The first-order valence-electron chi connectivity index (χ1n) is 8.39. The highest BCUT2D eigenvalue weighted by Crippen LogP contribution is 2.20. The Bertz CT molecular complexity index is 658. The summed E-state index contributed by atoms with van der Waals surface area (Å²) in [6, 6.07) is 3.34. The van der Waals surface area contributed by atoms with Crippen molar-refractivity contribution in [1.29, 1.82) is 0 Å².